The monoisotopic (exact) mass is 436 g/mol. The lowest BCUT2D eigenvalue weighted by Crippen LogP contribution is -2.60. The van der Waals surface area contributed by atoms with Crippen LogP contribution in [0.1, 0.15) is 56.6 Å². The molecule has 0 aliphatic heterocycles. The highest BCUT2D eigenvalue weighted by molar-refractivity contribution is 5.95. The molecule has 0 spiro atoms. The molecule has 4 rings (SSSR count). The highest BCUT2D eigenvalue weighted by atomic mass is 16.5. The third-order valence-electron chi connectivity index (χ3n) is 6.48. The Kier molecular flexibility index (Phi) is 5.67. The van der Waals surface area contributed by atoms with Crippen LogP contribution in [0.2, 0.25) is 0 Å². The minimum atomic E-state index is -1.26. The number of carboxylic acids is 1. The molecule has 2 aromatic carbocycles. The number of alkyl carbamates (subject to hydrolysis) is 1. The fraction of sp³-hybridized carbons (Fsp3) is 0.400. The first kappa shape index (κ1) is 21.9. The zero-order chi connectivity index (χ0) is 22.9. The third-order valence-corrected chi connectivity index (χ3v) is 6.48. The maximum absolute atomic E-state index is 12.9. The fourth-order valence-corrected chi connectivity index (χ4v) is 4.47. The topological polar surface area (TPSA) is 105 Å². The highest BCUT2D eigenvalue weighted by Gasteiger charge is 2.53. The summed E-state index contributed by atoms with van der Waals surface area (Å²) in [5.41, 5.74) is 2.00. The number of ether oxygens (including phenoxy) is 1. The number of fused-ring (bicyclic) bond motifs is 3. The predicted octanol–water partition coefficient (Wildman–Crippen LogP) is 3.82. The fourth-order valence-electron chi connectivity index (χ4n) is 4.47. The van der Waals surface area contributed by atoms with E-state index >= 15 is 0 Å². The van der Waals surface area contributed by atoms with E-state index in [1.807, 2.05) is 43.3 Å². The van der Waals surface area contributed by atoms with Crippen molar-refractivity contribution in [2.24, 2.45) is 0 Å². The molecule has 7 heteroatoms. The van der Waals surface area contributed by atoms with Crippen molar-refractivity contribution < 1.29 is 24.2 Å². The van der Waals surface area contributed by atoms with Gasteiger partial charge < -0.3 is 20.5 Å². The summed E-state index contributed by atoms with van der Waals surface area (Å²) in [6, 6.07) is 16.1. The molecule has 7 nitrogen and oxygen atoms in total. The SMILES string of the molecule is CCCC(C)(NC(=O)OCC1c2ccccc2-c2ccccc21)C(=O)NC1(C(=O)O)CC1. The maximum Gasteiger partial charge on any atom is 0.408 e. The third kappa shape index (κ3) is 3.95. The number of aliphatic carboxylic acids is 1. The summed E-state index contributed by atoms with van der Waals surface area (Å²) in [6.45, 7) is 3.64. The van der Waals surface area contributed by atoms with E-state index in [2.05, 4.69) is 22.8 Å². The Hall–Kier alpha value is -3.35. The van der Waals surface area contributed by atoms with Crippen LogP contribution in [0.3, 0.4) is 0 Å². The smallest absolute Gasteiger partial charge is 0.408 e. The minimum absolute atomic E-state index is 0.0823. The molecule has 1 unspecified atom stereocenters. The summed E-state index contributed by atoms with van der Waals surface area (Å²) in [5.74, 6) is -1.64. The molecular weight excluding hydrogens is 408 g/mol. The van der Waals surface area contributed by atoms with Gasteiger partial charge >= 0.3 is 12.1 Å². The van der Waals surface area contributed by atoms with E-state index in [-0.39, 0.29) is 12.5 Å². The van der Waals surface area contributed by atoms with Crippen LogP contribution in [0.25, 0.3) is 11.1 Å². The number of carboxylic acid groups (broad SMARTS) is 1. The van der Waals surface area contributed by atoms with E-state index in [1.54, 1.807) is 6.92 Å². The van der Waals surface area contributed by atoms with Crippen molar-refractivity contribution in [3.05, 3.63) is 59.7 Å². The number of carbonyl (C=O) groups is 3. The average Bonchev–Trinajstić information content (AvgIpc) is 3.49. The van der Waals surface area contributed by atoms with E-state index in [9.17, 15) is 19.5 Å². The molecule has 1 atom stereocenters. The van der Waals surface area contributed by atoms with Gasteiger partial charge in [-0.3, -0.25) is 4.79 Å². The number of hydrogen-bond acceptors (Lipinski definition) is 4. The largest absolute Gasteiger partial charge is 0.480 e. The Labute approximate surface area is 187 Å². The Morgan fingerprint density at radius 3 is 2.12 bits per heavy atom. The van der Waals surface area contributed by atoms with Gasteiger partial charge in [0.15, 0.2) is 0 Å². The Balaban J connectivity index is 1.44. The van der Waals surface area contributed by atoms with Gasteiger partial charge in [0.25, 0.3) is 0 Å². The van der Waals surface area contributed by atoms with E-state index < -0.39 is 29.0 Å². The quantitative estimate of drug-likeness (QED) is 0.584. The second-order valence-corrected chi connectivity index (χ2v) is 8.87. The van der Waals surface area contributed by atoms with Crippen LogP contribution in [0, 0.1) is 0 Å². The molecular formula is C25H28N2O5. The first-order valence-corrected chi connectivity index (χ1v) is 11.0. The van der Waals surface area contributed by atoms with E-state index in [4.69, 9.17) is 4.74 Å². The molecule has 3 N–H and O–H groups in total. The lowest BCUT2D eigenvalue weighted by molar-refractivity contribution is -0.144. The van der Waals surface area contributed by atoms with Crippen LogP contribution in [0.4, 0.5) is 4.79 Å². The van der Waals surface area contributed by atoms with Crippen molar-refractivity contribution in [1.29, 1.82) is 0 Å². The Morgan fingerprint density at radius 1 is 1.06 bits per heavy atom. The molecule has 0 aromatic heterocycles. The number of carbonyl (C=O) groups excluding carboxylic acids is 2. The van der Waals surface area contributed by atoms with Gasteiger partial charge in [-0.1, -0.05) is 61.9 Å². The number of rotatable bonds is 8. The molecule has 1 fully saturated rings. The van der Waals surface area contributed by atoms with Crippen molar-refractivity contribution >= 4 is 18.0 Å². The molecule has 2 amide bonds. The predicted molar refractivity (Wildman–Crippen MR) is 119 cm³/mol. The molecule has 0 radical (unpaired) electrons. The molecule has 168 valence electrons. The van der Waals surface area contributed by atoms with E-state index in [0.717, 1.165) is 22.3 Å². The van der Waals surface area contributed by atoms with Crippen LogP contribution in [-0.4, -0.2) is 40.8 Å². The number of nitrogens with one attached hydrogen (secondary N) is 2. The van der Waals surface area contributed by atoms with Gasteiger partial charge in [0.05, 0.1) is 0 Å². The summed E-state index contributed by atoms with van der Waals surface area (Å²) in [7, 11) is 0. The van der Waals surface area contributed by atoms with Crippen LogP contribution >= 0.6 is 0 Å². The molecule has 0 saturated heterocycles. The van der Waals surface area contributed by atoms with Crippen LogP contribution < -0.4 is 10.6 Å². The molecule has 2 aliphatic rings. The summed E-state index contributed by atoms with van der Waals surface area (Å²) >= 11 is 0. The Bertz CT molecular complexity index is 1020. The van der Waals surface area contributed by atoms with Crippen LogP contribution in [0.5, 0.6) is 0 Å². The molecule has 2 aliphatic carbocycles. The van der Waals surface area contributed by atoms with Gasteiger partial charge in [-0.05, 0) is 48.4 Å². The first-order valence-electron chi connectivity index (χ1n) is 11.0. The van der Waals surface area contributed by atoms with Gasteiger partial charge in [0.1, 0.15) is 17.7 Å². The second-order valence-electron chi connectivity index (χ2n) is 8.87. The van der Waals surface area contributed by atoms with E-state index in [1.165, 1.54) is 0 Å². The highest BCUT2D eigenvalue weighted by Crippen LogP contribution is 2.44. The zero-order valence-electron chi connectivity index (χ0n) is 18.3. The summed E-state index contributed by atoms with van der Waals surface area (Å²) in [6.07, 6.45) is 1.08. The van der Waals surface area contributed by atoms with Crippen molar-refractivity contribution in [3.8, 4) is 11.1 Å². The minimum Gasteiger partial charge on any atom is -0.480 e. The number of benzene rings is 2. The molecule has 0 heterocycles. The lowest BCUT2D eigenvalue weighted by Gasteiger charge is -2.30. The van der Waals surface area contributed by atoms with Gasteiger partial charge in [0.2, 0.25) is 5.91 Å². The van der Waals surface area contributed by atoms with Crippen molar-refractivity contribution in [3.63, 3.8) is 0 Å². The average molecular weight is 437 g/mol. The van der Waals surface area contributed by atoms with Crippen molar-refractivity contribution in [2.75, 3.05) is 6.61 Å². The van der Waals surface area contributed by atoms with Gasteiger partial charge in [-0.15, -0.1) is 0 Å². The number of amides is 2. The summed E-state index contributed by atoms with van der Waals surface area (Å²) in [5, 5.41) is 14.7. The zero-order valence-corrected chi connectivity index (χ0v) is 18.3. The summed E-state index contributed by atoms with van der Waals surface area (Å²) in [4.78, 5) is 37.0. The van der Waals surface area contributed by atoms with Gasteiger partial charge in [0, 0.05) is 5.92 Å². The van der Waals surface area contributed by atoms with Crippen LogP contribution in [0.15, 0.2) is 48.5 Å². The molecule has 2 aromatic rings. The van der Waals surface area contributed by atoms with Crippen molar-refractivity contribution in [1.82, 2.24) is 10.6 Å². The summed E-state index contributed by atoms with van der Waals surface area (Å²) < 4.78 is 5.58. The molecule has 1 saturated carbocycles. The Morgan fingerprint density at radius 2 is 1.62 bits per heavy atom. The van der Waals surface area contributed by atoms with Gasteiger partial charge in [-0.2, -0.15) is 0 Å². The second kappa shape index (κ2) is 8.30. The van der Waals surface area contributed by atoms with E-state index in [0.29, 0.717) is 25.7 Å². The molecule has 32 heavy (non-hydrogen) atoms. The van der Waals surface area contributed by atoms with Gasteiger partial charge in [-0.25, -0.2) is 9.59 Å². The van der Waals surface area contributed by atoms with Crippen LogP contribution in [-0.2, 0) is 14.3 Å². The maximum atomic E-state index is 12.9. The molecule has 0 bridgehead atoms. The number of hydrogen-bond donors (Lipinski definition) is 3. The van der Waals surface area contributed by atoms with Crippen molar-refractivity contribution in [2.45, 2.75) is 56.5 Å². The first-order chi connectivity index (χ1) is 15.3. The lowest BCUT2D eigenvalue weighted by atomic mass is 9.94. The normalized spacial score (nSPS) is 17.4. The standard InChI is InChI=1S/C25H28N2O5/c1-3-12-24(2,21(28)26-25(13-14-25)22(29)30)27-23(31)32-15-20-18-10-6-4-8-16(18)17-9-5-7-11-19(17)20/h4-11,20H,3,12-15H2,1-2H3,(H,26,28)(H,27,31)(H,29,30).